The van der Waals surface area contributed by atoms with E-state index in [-0.39, 0.29) is 0 Å². The van der Waals surface area contributed by atoms with Crippen molar-refractivity contribution in [2.24, 2.45) is 0 Å². The molecule has 0 bridgehead atoms. The Morgan fingerprint density at radius 1 is 1.25 bits per heavy atom. The number of hydrogen-bond donors (Lipinski definition) is 1. The molecule has 0 spiro atoms. The van der Waals surface area contributed by atoms with Gasteiger partial charge in [-0.15, -0.1) is 0 Å². The normalized spacial score (nSPS) is 11.5. The SMILES string of the molecule is CN(C)CCCc1cc2ccc(Br)cc2[nH]1. The third kappa shape index (κ3) is 2.86. The molecule has 0 saturated heterocycles. The van der Waals surface area contributed by atoms with Gasteiger partial charge in [-0.05, 0) is 57.1 Å². The maximum atomic E-state index is 3.49. The van der Waals surface area contributed by atoms with Crippen LogP contribution in [0.5, 0.6) is 0 Å². The summed E-state index contributed by atoms with van der Waals surface area (Å²) in [5, 5.41) is 1.29. The van der Waals surface area contributed by atoms with E-state index in [1.807, 2.05) is 0 Å². The first-order chi connectivity index (χ1) is 7.65. The number of halogens is 1. The van der Waals surface area contributed by atoms with Crippen LogP contribution in [0, 0.1) is 0 Å². The van der Waals surface area contributed by atoms with Crippen LogP contribution < -0.4 is 0 Å². The van der Waals surface area contributed by atoms with E-state index in [0.717, 1.165) is 17.4 Å². The van der Waals surface area contributed by atoms with Gasteiger partial charge in [0.25, 0.3) is 0 Å². The Kier molecular flexibility index (Phi) is 3.66. The molecule has 1 aromatic carbocycles. The maximum absolute atomic E-state index is 3.49. The highest BCUT2D eigenvalue weighted by Crippen LogP contribution is 2.20. The van der Waals surface area contributed by atoms with Crippen LogP contribution in [0.2, 0.25) is 0 Å². The maximum Gasteiger partial charge on any atom is 0.0467 e. The first-order valence-corrected chi connectivity index (χ1v) is 6.36. The van der Waals surface area contributed by atoms with Crippen molar-refractivity contribution in [3.63, 3.8) is 0 Å². The molecular formula is C13H17BrN2. The third-order valence-corrected chi connectivity index (χ3v) is 3.18. The zero-order valence-corrected chi connectivity index (χ0v) is 11.3. The number of H-pyrrole nitrogens is 1. The van der Waals surface area contributed by atoms with Gasteiger partial charge in [-0.3, -0.25) is 0 Å². The number of aryl methyl sites for hydroxylation is 1. The van der Waals surface area contributed by atoms with E-state index in [0.29, 0.717) is 0 Å². The highest BCUT2D eigenvalue weighted by Gasteiger charge is 2.01. The van der Waals surface area contributed by atoms with Crippen LogP contribution in [0.4, 0.5) is 0 Å². The molecule has 86 valence electrons. The number of fused-ring (bicyclic) bond motifs is 1. The smallest absolute Gasteiger partial charge is 0.0467 e. The lowest BCUT2D eigenvalue weighted by Crippen LogP contribution is -2.13. The molecular weight excluding hydrogens is 264 g/mol. The van der Waals surface area contributed by atoms with Crippen molar-refractivity contribution >= 4 is 26.8 Å². The molecule has 0 aliphatic carbocycles. The molecule has 0 unspecified atom stereocenters. The molecule has 2 aromatic rings. The van der Waals surface area contributed by atoms with Crippen LogP contribution in [0.25, 0.3) is 10.9 Å². The van der Waals surface area contributed by atoms with Crippen LogP contribution in [0.3, 0.4) is 0 Å². The highest BCUT2D eigenvalue weighted by molar-refractivity contribution is 9.10. The molecule has 1 aromatic heterocycles. The summed E-state index contributed by atoms with van der Waals surface area (Å²) in [6.07, 6.45) is 2.31. The van der Waals surface area contributed by atoms with E-state index in [9.17, 15) is 0 Å². The van der Waals surface area contributed by atoms with Crippen molar-refractivity contribution in [3.8, 4) is 0 Å². The van der Waals surface area contributed by atoms with Gasteiger partial charge < -0.3 is 9.88 Å². The van der Waals surface area contributed by atoms with Crippen LogP contribution in [0.15, 0.2) is 28.7 Å². The summed E-state index contributed by atoms with van der Waals surface area (Å²) in [4.78, 5) is 5.68. The third-order valence-electron chi connectivity index (χ3n) is 2.69. The van der Waals surface area contributed by atoms with Gasteiger partial charge in [-0.25, -0.2) is 0 Å². The predicted molar refractivity (Wildman–Crippen MR) is 72.9 cm³/mol. The quantitative estimate of drug-likeness (QED) is 0.909. The van der Waals surface area contributed by atoms with Crippen molar-refractivity contribution in [2.75, 3.05) is 20.6 Å². The Labute approximate surface area is 105 Å². The van der Waals surface area contributed by atoms with Crippen LogP contribution >= 0.6 is 15.9 Å². The molecule has 0 amide bonds. The van der Waals surface area contributed by atoms with Crippen LogP contribution in [0.1, 0.15) is 12.1 Å². The lowest BCUT2D eigenvalue weighted by molar-refractivity contribution is 0.400. The minimum absolute atomic E-state index is 1.12. The van der Waals surface area contributed by atoms with Crippen LogP contribution in [-0.4, -0.2) is 30.5 Å². The number of nitrogens with zero attached hydrogens (tertiary/aromatic N) is 1. The van der Waals surface area contributed by atoms with Crippen molar-refractivity contribution in [2.45, 2.75) is 12.8 Å². The lowest BCUT2D eigenvalue weighted by atomic mass is 10.2. The number of aromatic nitrogens is 1. The van der Waals surface area contributed by atoms with E-state index < -0.39 is 0 Å². The van der Waals surface area contributed by atoms with Gasteiger partial charge in [-0.1, -0.05) is 22.0 Å². The Balaban J connectivity index is 2.08. The topological polar surface area (TPSA) is 19.0 Å². The number of hydrogen-bond acceptors (Lipinski definition) is 1. The minimum Gasteiger partial charge on any atom is -0.358 e. The fourth-order valence-corrected chi connectivity index (χ4v) is 2.24. The van der Waals surface area contributed by atoms with E-state index in [2.05, 4.69) is 64.2 Å². The summed E-state index contributed by atoms with van der Waals surface area (Å²) in [5.74, 6) is 0. The molecule has 0 aliphatic rings. The summed E-state index contributed by atoms with van der Waals surface area (Å²) < 4.78 is 1.13. The van der Waals surface area contributed by atoms with Gasteiger partial charge in [0.1, 0.15) is 0 Å². The monoisotopic (exact) mass is 280 g/mol. The van der Waals surface area contributed by atoms with Gasteiger partial charge >= 0.3 is 0 Å². The van der Waals surface area contributed by atoms with E-state index in [1.54, 1.807) is 0 Å². The summed E-state index contributed by atoms with van der Waals surface area (Å²) >= 11 is 3.49. The second-order valence-electron chi connectivity index (χ2n) is 4.43. The summed E-state index contributed by atoms with van der Waals surface area (Å²) in [6.45, 7) is 1.14. The molecule has 16 heavy (non-hydrogen) atoms. The van der Waals surface area contributed by atoms with Gasteiger partial charge in [0, 0.05) is 15.7 Å². The molecule has 0 aliphatic heterocycles. The van der Waals surface area contributed by atoms with Crippen molar-refractivity contribution in [3.05, 3.63) is 34.4 Å². The number of nitrogens with one attached hydrogen (secondary N) is 1. The molecule has 3 heteroatoms. The number of aromatic amines is 1. The Morgan fingerprint density at radius 3 is 2.81 bits per heavy atom. The first kappa shape index (κ1) is 11.7. The molecule has 0 radical (unpaired) electrons. The van der Waals surface area contributed by atoms with Gasteiger partial charge in [0.2, 0.25) is 0 Å². The minimum atomic E-state index is 1.12. The second kappa shape index (κ2) is 5.02. The molecule has 1 heterocycles. The van der Waals surface area contributed by atoms with Gasteiger partial charge in [-0.2, -0.15) is 0 Å². The van der Waals surface area contributed by atoms with Gasteiger partial charge in [0.05, 0.1) is 0 Å². The molecule has 1 N–H and O–H groups in total. The summed E-state index contributed by atoms with van der Waals surface area (Å²) in [5.41, 5.74) is 2.55. The zero-order valence-electron chi connectivity index (χ0n) is 9.76. The lowest BCUT2D eigenvalue weighted by Gasteiger charge is -2.07. The van der Waals surface area contributed by atoms with Gasteiger partial charge in [0.15, 0.2) is 0 Å². The highest BCUT2D eigenvalue weighted by atomic mass is 79.9. The van der Waals surface area contributed by atoms with Crippen molar-refractivity contribution < 1.29 is 0 Å². The first-order valence-electron chi connectivity index (χ1n) is 5.57. The largest absolute Gasteiger partial charge is 0.358 e. The summed E-state index contributed by atoms with van der Waals surface area (Å²) in [7, 11) is 4.23. The second-order valence-corrected chi connectivity index (χ2v) is 5.35. The summed E-state index contributed by atoms with van der Waals surface area (Å²) in [6, 6.07) is 8.60. The van der Waals surface area contributed by atoms with E-state index >= 15 is 0 Å². The Hall–Kier alpha value is -0.800. The fraction of sp³-hybridized carbons (Fsp3) is 0.385. The molecule has 2 rings (SSSR count). The number of rotatable bonds is 4. The molecule has 0 fully saturated rings. The Bertz CT molecular complexity index is 474. The molecule has 2 nitrogen and oxygen atoms in total. The van der Waals surface area contributed by atoms with E-state index in [1.165, 1.54) is 23.0 Å². The van der Waals surface area contributed by atoms with Crippen molar-refractivity contribution in [1.29, 1.82) is 0 Å². The van der Waals surface area contributed by atoms with Crippen molar-refractivity contribution in [1.82, 2.24) is 9.88 Å². The fourth-order valence-electron chi connectivity index (χ4n) is 1.88. The van der Waals surface area contributed by atoms with Crippen LogP contribution in [-0.2, 0) is 6.42 Å². The average Bonchev–Trinajstić information content (AvgIpc) is 2.58. The number of benzene rings is 1. The standard InChI is InChI=1S/C13H17BrN2/c1-16(2)7-3-4-12-8-10-5-6-11(14)9-13(10)15-12/h5-6,8-9,15H,3-4,7H2,1-2H3. The predicted octanol–water partition coefficient (Wildman–Crippen LogP) is 3.42. The Morgan fingerprint density at radius 2 is 2.06 bits per heavy atom. The average molecular weight is 281 g/mol. The zero-order chi connectivity index (χ0) is 11.5. The van der Waals surface area contributed by atoms with E-state index in [4.69, 9.17) is 0 Å². The molecule has 0 atom stereocenters. The molecule has 0 saturated carbocycles.